The predicted molar refractivity (Wildman–Crippen MR) is 93.9 cm³/mol. The van der Waals surface area contributed by atoms with Crippen molar-refractivity contribution in [2.45, 2.75) is 52.2 Å². The van der Waals surface area contributed by atoms with Gasteiger partial charge in [0.25, 0.3) is 0 Å². The lowest BCUT2D eigenvalue weighted by Crippen LogP contribution is -2.59. The van der Waals surface area contributed by atoms with Gasteiger partial charge in [0, 0.05) is 0 Å². The maximum absolute atomic E-state index is 12.4. The SMILES string of the molecule is CCC(C)C(NC(=O)C(CO)NC(=O)C(N)C(C)C)C(=O)NCC(=O)O. The van der Waals surface area contributed by atoms with Gasteiger partial charge in [-0.05, 0) is 11.8 Å². The third kappa shape index (κ3) is 7.79. The Bertz CT molecular complexity index is 511. The quantitative estimate of drug-likeness (QED) is 0.247. The summed E-state index contributed by atoms with van der Waals surface area (Å²) in [7, 11) is 0. The highest BCUT2D eigenvalue weighted by Crippen LogP contribution is 2.08. The van der Waals surface area contributed by atoms with Gasteiger partial charge in [-0.3, -0.25) is 19.2 Å². The van der Waals surface area contributed by atoms with E-state index in [1.54, 1.807) is 27.7 Å². The van der Waals surface area contributed by atoms with Crippen molar-refractivity contribution in [1.29, 1.82) is 0 Å². The van der Waals surface area contributed by atoms with Gasteiger partial charge in [-0.15, -0.1) is 0 Å². The summed E-state index contributed by atoms with van der Waals surface area (Å²) < 4.78 is 0. The average Bonchev–Trinajstić information content (AvgIpc) is 2.59. The standard InChI is InChI=1S/C16H30N4O6/c1-5-9(4)13(16(26)18-6-11(22)23)20-14(24)10(7-21)19-15(25)12(17)8(2)3/h8-10,12-13,21H,5-7,17H2,1-4H3,(H,18,26)(H,19,25)(H,20,24)(H,22,23). The Balaban J connectivity index is 5.05. The number of nitrogens with two attached hydrogens (primary N) is 1. The lowest BCUT2D eigenvalue weighted by atomic mass is 9.97. The molecule has 3 amide bonds. The molecule has 10 nitrogen and oxygen atoms in total. The number of nitrogens with one attached hydrogen (secondary N) is 3. The van der Waals surface area contributed by atoms with Gasteiger partial charge >= 0.3 is 5.97 Å². The highest BCUT2D eigenvalue weighted by atomic mass is 16.4. The van der Waals surface area contributed by atoms with E-state index in [2.05, 4.69) is 16.0 Å². The number of amides is 3. The number of carboxylic acid groups (broad SMARTS) is 1. The Kier molecular flexibility index (Phi) is 10.5. The van der Waals surface area contributed by atoms with Gasteiger partial charge in [0.1, 0.15) is 18.6 Å². The maximum atomic E-state index is 12.4. The fraction of sp³-hybridized carbons (Fsp3) is 0.750. The highest BCUT2D eigenvalue weighted by molar-refractivity contribution is 5.93. The first-order valence-electron chi connectivity index (χ1n) is 8.51. The molecule has 0 aromatic heterocycles. The van der Waals surface area contributed by atoms with Crippen LogP contribution in [0.4, 0.5) is 0 Å². The third-order valence-electron chi connectivity index (χ3n) is 4.04. The van der Waals surface area contributed by atoms with Crippen LogP contribution in [-0.2, 0) is 19.2 Å². The molecule has 0 aliphatic rings. The van der Waals surface area contributed by atoms with Crippen molar-refractivity contribution in [3.05, 3.63) is 0 Å². The number of rotatable bonds is 11. The van der Waals surface area contributed by atoms with Gasteiger partial charge in [-0.2, -0.15) is 0 Å². The Morgan fingerprint density at radius 3 is 2.00 bits per heavy atom. The monoisotopic (exact) mass is 374 g/mol. The lowest BCUT2D eigenvalue weighted by molar-refractivity contribution is -0.139. The summed E-state index contributed by atoms with van der Waals surface area (Å²) >= 11 is 0. The van der Waals surface area contributed by atoms with Gasteiger partial charge in [0.15, 0.2) is 0 Å². The molecule has 10 heteroatoms. The maximum Gasteiger partial charge on any atom is 0.322 e. The topological polar surface area (TPSA) is 171 Å². The van der Waals surface area contributed by atoms with Crippen LogP contribution >= 0.6 is 0 Å². The van der Waals surface area contributed by atoms with Gasteiger partial charge in [-0.1, -0.05) is 34.1 Å². The Morgan fingerprint density at radius 1 is 1.00 bits per heavy atom. The number of carbonyl (C=O) groups excluding carboxylic acids is 3. The van der Waals surface area contributed by atoms with Crippen molar-refractivity contribution in [3.63, 3.8) is 0 Å². The van der Waals surface area contributed by atoms with Crippen LogP contribution in [0.15, 0.2) is 0 Å². The van der Waals surface area contributed by atoms with Crippen molar-refractivity contribution in [2.24, 2.45) is 17.6 Å². The molecule has 0 aromatic rings. The first-order valence-corrected chi connectivity index (χ1v) is 8.51. The summed E-state index contributed by atoms with van der Waals surface area (Å²) in [5.41, 5.74) is 5.71. The average molecular weight is 374 g/mol. The summed E-state index contributed by atoms with van der Waals surface area (Å²) in [5.74, 6) is -3.67. The molecule has 0 heterocycles. The number of carbonyl (C=O) groups is 4. The van der Waals surface area contributed by atoms with E-state index >= 15 is 0 Å². The second-order valence-electron chi connectivity index (χ2n) is 6.50. The first kappa shape index (κ1) is 23.8. The van der Waals surface area contributed by atoms with Crippen molar-refractivity contribution >= 4 is 23.7 Å². The molecular weight excluding hydrogens is 344 g/mol. The summed E-state index contributed by atoms with van der Waals surface area (Å²) in [6.07, 6.45) is 0.541. The van der Waals surface area contributed by atoms with Crippen LogP contribution < -0.4 is 21.7 Å². The molecule has 4 unspecified atom stereocenters. The minimum Gasteiger partial charge on any atom is -0.480 e. The van der Waals surface area contributed by atoms with Crippen LogP contribution in [0.2, 0.25) is 0 Å². The van der Waals surface area contributed by atoms with Crippen molar-refractivity contribution in [3.8, 4) is 0 Å². The molecule has 150 valence electrons. The molecule has 0 radical (unpaired) electrons. The zero-order chi connectivity index (χ0) is 20.4. The van der Waals surface area contributed by atoms with Crippen molar-refractivity contribution < 1.29 is 29.4 Å². The number of aliphatic hydroxyl groups excluding tert-OH is 1. The van der Waals surface area contributed by atoms with Crippen LogP contribution in [0.25, 0.3) is 0 Å². The molecule has 26 heavy (non-hydrogen) atoms. The summed E-state index contributed by atoms with van der Waals surface area (Å²) in [6.45, 7) is 5.75. The highest BCUT2D eigenvalue weighted by Gasteiger charge is 2.30. The molecule has 0 aliphatic carbocycles. The third-order valence-corrected chi connectivity index (χ3v) is 4.04. The van der Waals surface area contributed by atoms with E-state index in [-0.39, 0.29) is 11.8 Å². The van der Waals surface area contributed by atoms with E-state index < -0.39 is 55.0 Å². The van der Waals surface area contributed by atoms with Crippen molar-refractivity contribution in [2.75, 3.05) is 13.2 Å². The minimum atomic E-state index is -1.27. The fourth-order valence-electron chi connectivity index (χ4n) is 1.99. The van der Waals surface area contributed by atoms with Gasteiger partial charge in [0.05, 0.1) is 12.6 Å². The number of hydrogen-bond acceptors (Lipinski definition) is 6. The Morgan fingerprint density at radius 2 is 1.58 bits per heavy atom. The molecular formula is C16H30N4O6. The second kappa shape index (κ2) is 11.4. The van der Waals surface area contributed by atoms with E-state index in [4.69, 9.17) is 10.8 Å². The normalized spacial score (nSPS) is 15.5. The zero-order valence-electron chi connectivity index (χ0n) is 15.6. The molecule has 0 spiro atoms. The van der Waals surface area contributed by atoms with E-state index in [0.717, 1.165) is 0 Å². The van der Waals surface area contributed by atoms with E-state index in [0.29, 0.717) is 6.42 Å². The fourth-order valence-corrected chi connectivity index (χ4v) is 1.99. The molecule has 0 aliphatic heterocycles. The number of carboxylic acids is 1. The Hall–Kier alpha value is -2.20. The van der Waals surface area contributed by atoms with Crippen LogP contribution in [0.1, 0.15) is 34.1 Å². The largest absolute Gasteiger partial charge is 0.480 e. The second-order valence-corrected chi connectivity index (χ2v) is 6.50. The van der Waals surface area contributed by atoms with Gasteiger partial charge in [0.2, 0.25) is 17.7 Å². The summed E-state index contributed by atoms with van der Waals surface area (Å²) in [6, 6.07) is -3.12. The van der Waals surface area contributed by atoms with Crippen LogP contribution in [0.5, 0.6) is 0 Å². The molecule has 0 saturated carbocycles. The minimum absolute atomic E-state index is 0.160. The number of hydrogen-bond donors (Lipinski definition) is 6. The Labute approximate surface area is 152 Å². The van der Waals surface area contributed by atoms with Gasteiger partial charge in [-0.25, -0.2) is 0 Å². The van der Waals surface area contributed by atoms with Crippen molar-refractivity contribution in [1.82, 2.24) is 16.0 Å². The zero-order valence-corrected chi connectivity index (χ0v) is 15.6. The van der Waals surface area contributed by atoms with Gasteiger partial charge < -0.3 is 31.9 Å². The molecule has 4 atom stereocenters. The molecule has 7 N–H and O–H groups in total. The van der Waals surface area contributed by atoms with E-state index in [1.165, 1.54) is 0 Å². The molecule has 0 fully saturated rings. The van der Waals surface area contributed by atoms with Crippen LogP contribution in [-0.4, -0.2) is 65.2 Å². The summed E-state index contributed by atoms with van der Waals surface area (Å²) in [4.78, 5) is 47.1. The summed E-state index contributed by atoms with van der Waals surface area (Å²) in [5, 5.41) is 25.1. The predicted octanol–water partition coefficient (Wildman–Crippen LogP) is -1.82. The molecule has 0 aromatic carbocycles. The molecule has 0 bridgehead atoms. The smallest absolute Gasteiger partial charge is 0.322 e. The van der Waals surface area contributed by atoms with Crippen LogP contribution in [0.3, 0.4) is 0 Å². The molecule has 0 rings (SSSR count). The van der Waals surface area contributed by atoms with Crippen LogP contribution in [0, 0.1) is 11.8 Å². The lowest BCUT2D eigenvalue weighted by Gasteiger charge is -2.26. The number of aliphatic hydroxyl groups is 1. The van der Waals surface area contributed by atoms with E-state index in [1.807, 2.05) is 0 Å². The van der Waals surface area contributed by atoms with E-state index in [9.17, 15) is 24.3 Å². The first-order chi connectivity index (χ1) is 12.0. The number of aliphatic carboxylic acids is 1. The molecule has 0 saturated heterocycles.